The lowest BCUT2D eigenvalue weighted by atomic mass is 10.4. The third-order valence-corrected chi connectivity index (χ3v) is 1.80. The molecule has 8 nitrogen and oxygen atoms in total. The second kappa shape index (κ2) is 6.45. The first kappa shape index (κ1) is 16.5. The van der Waals surface area contributed by atoms with Gasteiger partial charge in [0.25, 0.3) is 0 Å². The molecule has 0 rings (SSSR count). The zero-order valence-corrected chi connectivity index (χ0v) is 9.99. The molecule has 0 fully saturated rings. The maximum atomic E-state index is 11.0. The van der Waals surface area contributed by atoms with Gasteiger partial charge in [-0.05, 0) is 0 Å². The van der Waals surface area contributed by atoms with E-state index in [0.29, 0.717) is 12.2 Å². The second-order valence-corrected chi connectivity index (χ2v) is 3.37. The van der Waals surface area contributed by atoms with E-state index < -0.39 is 23.9 Å². The number of ether oxygens (including phenoxy) is 2. The van der Waals surface area contributed by atoms with Gasteiger partial charge in [0.15, 0.2) is 0 Å². The van der Waals surface area contributed by atoms with E-state index in [2.05, 4.69) is 9.47 Å². The third-order valence-electron chi connectivity index (χ3n) is 1.80. The zero-order valence-electron chi connectivity index (χ0n) is 9.99. The Balaban J connectivity index is 4.32. The molecule has 0 atom stereocenters. The first-order chi connectivity index (χ1) is 8.12. The molecule has 18 heavy (non-hydrogen) atoms. The standard InChI is InChI=1S/C10H16O8/c1-3-9(13,14)17-7(11)5-6-8(12)18-10(15,16)4-2/h5-6,13-16H,3-4H2,1-2H3/b6-5+. The Hall–Kier alpha value is -1.48. The predicted octanol–water partition coefficient (Wildman–Crippen LogP) is -1.27. The molecule has 0 amide bonds. The van der Waals surface area contributed by atoms with Gasteiger partial charge in [-0.25, -0.2) is 9.59 Å². The normalized spacial score (nSPS) is 12.6. The van der Waals surface area contributed by atoms with Crippen LogP contribution >= 0.6 is 0 Å². The molecule has 0 unspecified atom stereocenters. The fourth-order valence-corrected chi connectivity index (χ4v) is 0.671. The van der Waals surface area contributed by atoms with Crippen LogP contribution in [0.5, 0.6) is 0 Å². The van der Waals surface area contributed by atoms with Gasteiger partial charge in [0.1, 0.15) is 0 Å². The number of carbonyl (C=O) groups is 2. The molecule has 0 spiro atoms. The Kier molecular flexibility index (Phi) is 5.92. The maximum Gasteiger partial charge on any atom is 0.335 e. The quantitative estimate of drug-likeness (QED) is 0.265. The van der Waals surface area contributed by atoms with Crippen LogP contribution in [-0.2, 0) is 19.1 Å². The zero-order chi connectivity index (χ0) is 14.4. The van der Waals surface area contributed by atoms with Crippen LogP contribution in [0.2, 0.25) is 0 Å². The Morgan fingerprint density at radius 2 is 1.17 bits per heavy atom. The predicted molar refractivity (Wildman–Crippen MR) is 56.2 cm³/mol. The molecule has 0 aromatic rings. The van der Waals surface area contributed by atoms with Gasteiger partial charge in [0, 0.05) is 25.0 Å². The first-order valence-electron chi connectivity index (χ1n) is 5.15. The Morgan fingerprint density at radius 1 is 0.889 bits per heavy atom. The van der Waals surface area contributed by atoms with E-state index in [0.717, 1.165) is 0 Å². The van der Waals surface area contributed by atoms with Crippen LogP contribution in [0.15, 0.2) is 12.2 Å². The molecule has 8 heteroatoms. The minimum Gasteiger partial charge on any atom is -0.405 e. The molecule has 0 radical (unpaired) electrons. The van der Waals surface area contributed by atoms with Crippen LogP contribution in [0.3, 0.4) is 0 Å². The molecular weight excluding hydrogens is 248 g/mol. The van der Waals surface area contributed by atoms with E-state index in [1.54, 1.807) is 0 Å². The summed E-state index contributed by atoms with van der Waals surface area (Å²) in [4.78, 5) is 22.0. The summed E-state index contributed by atoms with van der Waals surface area (Å²) in [5, 5.41) is 35.9. The summed E-state index contributed by atoms with van der Waals surface area (Å²) in [6, 6.07) is 0. The summed E-state index contributed by atoms with van der Waals surface area (Å²) in [6.45, 7) is 2.72. The smallest absolute Gasteiger partial charge is 0.335 e. The molecule has 0 aromatic carbocycles. The average molecular weight is 264 g/mol. The highest BCUT2D eigenvalue weighted by molar-refractivity contribution is 5.91. The van der Waals surface area contributed by atoms with Crippen LogP contribution in [-0.4, -0.2) is 44.3 Å². The first-order valence-corrected chi connectivity index (χ1v) is 5.15. The fourth-order valence-electron chi connectivity index (χ4n) is 0.671. The van der Waals surface area contributed by atoms with Crippen molar-refractivity contribution in [3.05, 3.63) is 12.2 Å². The van der Waals surface area contributed by atoms with Crippen LogP contribution in [0.25, 0.3) is 0 Å². The number of hydrogen-bond acceptors (Lipinski definition) is 8. The summed E-state index contributed by atoms with van der Waals surface area (Å²) < 4.78 is 8.29. The molecule has 0 aromatic heterocycles. The van der Waals surface area contributed by atoms with E-state index in [1.807, 2.05) is 0 Å². The lowest BCUT2D eigenvalue weighted by Gasteiger charge is -2.19. The lowest BCUT2D eigenvalue weighted by Crippen LogP contribution is -2.34. The van der Waals surface area contributed by atoms with Crippen LogP contribution in [0, 0.1) is 0 Å². The molecule has 0 saturated carbocycles. The molecule has 104 valence electrons. The van der Waals surface area contributed by atoms with Crippen molar-refractivity contribution in [3.8, 4) is 0 Å². The van der Waals surface area contributed by atoms with Gasteiger partial charge in [-0.15, -0.1) is 0 Å². The van der Waals surface area contributed by atoms with Gasteiger partial charge in [-0.1, -0.05) is 13.8 Å². The molecule has 0 heterocycles. The number of rotatable bonds is 6. The van der Waals surface area contributed by atoms with E-state index in [1.165, 1.54) is 13.8 Å². The van der Waals surface area contributed by atoms with Crippen molar-refractivity contribution in [1.82, 2.24) is 0 Å². The molecule has 0 bridgehead atoms. The van der Waals surface area contributed by atoms with Gasteiger partial charge >= 0.3 is 23.9 Å². The fraction of sp³-hybridized carbons (Fsp3) is 0.600. The van der Waals surface area contributed by atoms with Crippen molar-refractivity contribution in [2.45, 2.75) is 38.6 Å². The van der Waals surface area contributed by atoms with Gasteiger partial charge in [-0.2, -0.15) is 0 Å². The molecule has 0 aliphatic carbocycles. The van der Waals surface area contributed by atoms with Crippen molar-refractivity contribution in [1.29, 1.82) is 0 Å². The summed E-state index contributed by atoms with van der Waals surface area (Å²) in [5.74, 6) is -7.63. The minimum absolute atomic E-state index is 0.261. The van der Waals surface area contributed by atoms with Crippen molar-refractivity contribution in [2.75, 3.05) is 0 Å². The molecule has 4 N–H and O–H groups in total. The van der Waals surface area contributed by atoms with Gasteiger partial charge in [-0.3, -0.25) is 0 Å². The van der Waals surface area contributed by atoms with Crippen molar-refractivity contribution < 1.29 is 39.5 Å². The summed E-state index contributed by atoms with van der Waals surface area (Å²) in [5.41, 5.74) is 0. The van der Waals surface area contributed by atoms with Gasteiger partial charge in [0.05, 0.1) is 0 Å². The van der Waals surface area contributed by atoms with Crippen LogP contribution < -0.4 is 0 Å². The SMILES string of the molecule is CCC(O)(O)OC(=O)/C=C/C(=O)OC(O)(O)CC. The molecule has 0 aliphatic rings. The van der Waals surface area contributed by atoms with Gasteiger partial charge < -0.3 is 29.9 Å². The number of carbonyl (C=O) groups excluding carboxylic acids is 2. The van der Waals surface area contributed by atoms with Crippen molar-refractivity contribution >= 4 is 11.9 Å². The minimum atomic E-state index is -2.62. The topological polar surface area (TPSA) is 134 Å². The van der Waals surface area contributed by atoms with E-state index >= 15 is 0 Å². The highest BCUT2D eigenvalue weighted by Gasteiger charge is 2.26. The van der Waals surface area contributed by atoms with Crippen LogP contribution in [0.1, 0.15) is 26.7 Å². The highest BCUT2D eigenvalue weighted by atomic mass is 16.8. The maximum absolute atomic E-state index is 11.0. The summed E-state index contributed by atoms with van der Waals surface area (Å²) in [7, 11) is 0. The lowest BCUT2D eigenvalue weighted by molar-refractivity contribution is -0.319. The van der Waals surface area contributed by atoms with Crippen molar-refractivity contribution in [2.24, 2.45) is 0 Å². The van der Waals surface area contributed by atoms with Gasteiger partial charge in [0.2, 0.25) is 0 Å². The number of aliphatic hydroxyl groups is 4. The monoisotopic (exact) mass is 264 g/mol. The number of esters is 2. The molecular formula is C10H16O8. The summed E-state index contributed by atoms with van der Waals surface area (Å²) in [6.07, 6.45) is 0.600. The largest absolute Gasteiger partial charge is 0.405 e. The van der Waals surface area contributed by atoms with E-state index in [4.69, 9.17) is 20.4 Å². The van der Waals surface area contributed by atoms with Crippen LogP contribution in [0.4, 0.5) is 0 Å². The van der Waals surface area contributed by atoms with E-state index in [-0.39, 0.29) is 12.8 Å². The second-order valence-electron chi connectivity index (χ2n) is 3.37. The third kappa shape index (κ3) is 6.97. The van der Waals surface area contributed by atoms with E-state index in [9.17, 15) is 9.59 Å². The highest BCUT2D eigenvalue weighted by Crippen LogP contribution is 2.09. The Morgan fingerprint density at radius 3 is 1.39 bits per heavy atom. The molecule has 0 saturated heterocycles. The van der Waals surface area contributed by atoms with Crippen molar-refractivity contribution in [3.63, 3.8) is 0 Å². The summed E-state index contributed by atoms with van der Waals surface area (Å²) >= 11 is 0. The average Bonchev–Trinajstić information content (AvgIpc) is 2.25. The number of hydrogen-bond donors (Lipinski definition) is 4. The molecule has 0 aliphatic heterocycles. The Labute approximate surface area is 103 Å². The Bertz CT molecular complexity index is 299.